The molecule has 7 heteroatoms. The summed E-state index contributed by atoms with van der Waals surface area (Å²) in [4.78, 5) is 0.0288. The first-order valence-electron chi connectivity index (χ1n) is 5.77. The van der Waals surface area contributed by atoms with E-state index in [1.54, 1.807) is 19.9 Å². The van der Waals surface area contributed by atoms with E-state index >= 15 is 0 Å². The van der Waals surface area contributed by atoms with Gasteiger partial charge in [-0.1, -0.05) is 0 Å². The van der Waals surface area contributed by atoms with Gasteiger partial charge >= 0.3 is 0 Å². The lowest BCUT2D eigenvalue weighted by Crippen LogP contribution is -2.35. The first-order chi connectivity index (χ1) is 8.81. The Morgan fingerprint density at radius 3 is 2.53 bits per heavy atom. The molecule has 0 aromatic heterocycles. The number of sulfonamides is 1. The van der Waals surface area contributed by atoms with Crippen molar-refractivity contribution in [3.05, 3.63) is 17.7 Å². The number of nitrogen functional groups attached to an aromatic ring is 1. The number of ether oxygens (including phenoxy) is 2. The molecule has 6 nitrogen and oxygen atoms in total. The number of hydrogen-bond donors (Lipinski definition) is 2. The Bertz CT molecular complexity index is 543. The van der Waals surface area contributed by atoms with Crippen LogP contribution in [0.15, 0.2) is 17.0 Å². The molecule has 0 amide bonds. The van der Waals surface area contributed by atoms with Crippen molar-refractivity contribution in [3.8, 4) is 5.75 Å². The second-order valence-corrected chi connectivity index (χ2v) is 6.02. The van der Waals surface area contributed by atoms with Crippen molar-refractivity contribution in [2.24, 2.45) is 0 Å². The van der Waals surface area contributed by atoms with E-state index in [1.807, 2.05) is 0 Å². The molecule has 0 bridgehead atoms. The minimum Gasteiger partial charge on any atom is -0.495 e. The second-order valence-electron chi connectivity index (χ2n) is 4.34. The van der Waals surface area contributed by atoms with E-state index < -0.39 is 10.0 Å². The lowest BCUT2D eigenvalue weighted by atomic mass is 10.2. The average Bonchev–Trinajstić information content (AvgIpc) is 2.31. The molecule has 0 aliphatic rings. The molecule has 1 aromatic rings. The third kappa shape index (κ3) is 3.82. The molecule has 1 aromatic carbocycles. The van der Waals surface area contributed by atoms with Gasteiger partial charge in [-0.15, -0.1) is 0 Å². The zero-order valence-corrected chi connectivity index (χ0v) is 12.4. The summed E-state index contributed by atoms with van der Waals surface area (Å²) >= 11 is 0. The fraction of sp³-hybridized carbons (Fsp3) is 0.500. The Morgan fingerprint density at radius 1 is 1.37 bits per heavy atom. The minimum atomic E-state index is -3.70. The summed E-state index contributed by atoms with van der Waals surface area (Å²) in [6, 6.07) is 2.66. The topological polar surface area (TPSA) is 90.7 Å². The van der Waals surface area contributed by atoms with Crippen LogP contribution in [-0.2, 0) is 14.8 Å². The summed E-state index contributed by atoms with van der Waals surface area (Å²) in [6.07, 6.45) is 0. The Balaban J connectivity index is 3.17. The second kappa shape index (κ2) is 6.23. The van der Waals surface area contributed by atoms with Crippen LogP contribution in [0.5, 0.6) is 5.75 Å². The normalized spacial score (nSPS) is 13.3. The molecule has 19 heavy (non-hydrogen) atoms. The maximum atomic E-state index is 12.3. The van der Waals surface area contributed by atoms with Crippen LogP contribution < -0.4 is 15.2 Å². The van der Waals surface area contributed by atoms with Crippen molar-refractivity contribution in [2.75, 3.05) is 26.6 Å². The molecule has 108 valence electrons. The molecule has 3 N–H and O–H groups in total. The molecule has 1 unspecified atom stereocenters. The lowest BCUT2D eigenvalue weighted by Gasteiger charge is -2.16. The van der Waals surface area contributed by atoms with E-state index in [1.165, 1.54) is 20.3 Å². The molecular weight excluding hydrogens is 268 g/mol. The molecule has 1 atom stereocenters. The molecule has 1 rings (SSSR count). The number of methoxy groups -OCH3 is 2. The van der Waals surface area contributed by atoms with Crippen molar-refractivity contribution in [3.63, 3.8) is 0 Å². The maximum Gasteiger partial charge on any atom is 0.244 e. The molecule has 0 heterocycles. The highest BCUT2D eigenvalue weighted by atomic mass is 32.2. The summed E-state index contributed by atoms with van der Waals surface area (Å²) in [5.74, 6) is 0.267. The molecule has 0 spiro atoms. The predicted molar refractivity (Wildman–Crippen MR) is 73.8 cm³/mol. The van der Waals surface area contributed by atoms with Crippen LogP contribution >= 0.6 is 0 Å². The van der Waals surface area contributed by atoms with E-state index in [-0.39, 0.29) is 23.3 Å². The highest BCUT2D eigenvalue weighted by molar-refractivity contribution is 7.89. The van der Waals surface area contributed by atoms with Gasteiger partial charge in [0, 0.05) is 18.8 Å². The van der Waals surface area contributed by atoms with Gasteiger partial charge in [0.2, 0.25) is 10.0 Å². The Kier molecular flexibility index (Phi) is 5.16. The van der Waals surface area contributed by atoms with Gasteiger partial charge in [-0.2, -0.15) is 0 Å². The number of nitrogens with one attached hydrogen (secondary N) is 1. The number of rotatable bonds is 6. The van der Waals surface area contributed by atoms with Gasteiger partial charge in [0.1, 0.15) is 10.6 Å². The summed E-state index contributed by atoms with van der Waals surface area (Å²) < 4.78 is 37.0. The first kappa shape index (κ1) is 15.7. The van der Waals surface area contributed by atoms with Crippen LogP contribution in [-0.4, -0.2) is 35.3 Å². The van der Waals surface area contributed by atoms with Crippen molar-refractivity contribution in [2.45, 2.75) is 24.8 Å². The van der Waals surface area contributed by atoms with Crippen LogP contribution in [0.2, 0.25) is 0 Å². The Hall–Kier alpha value is -1.31. The van der Waals surface area contributed by atoms with Crippen molar-refractivity contribution >= 4 is 15.7 Å². The molecule has 0 aliphatic carbocycles. The third-order valence-corrected chi connectivity index (χ3v) is 4.23. The van der Waals surface area contributed by atoms with Crippen LogP contribution in [0, 0.1) is 6.92 Å². The summed E-state index contributed by atoms with van der Waals surface area (Å²) in [5.41, 5.74) is 6.93. The van der Waals surface area contributed by atoms with Crippen molar-refractivity contribution in [1.82, 2.24) is 4.72 Å². The monoisotopic (exact) mass is 288 g/mol. The van der Waals surface area contributed by atoms with Gasteiger partial charge in [-0.3, -0.25) is 0 Å². The molecule has 0 saturated carbocycles. The van der Waals surface area contributed by atoms with Crippen LogP contribution in [0.1, 0.15) is 12.5 Å². The van der Waals surface area contributed by atoms with E-state index in [2.05, 4.69) is 4.72 Å². The highest BCUT2D eigenvalue weighted by Crippen LogP contribution is 2.28. The lowest BCUT2D eigenvalue weighted by molar-refractivity contribution is 0.180. The fourth-order valence-electron chi connectivity index (χ4n) is 1.66. The molecule has 0 fully saturated rings. The van der Waals surface area contributed by atoms with E-state index in [0.29, 0.717) is 5.69 Å². The van der Waals surface area contributed by atoms with Crippen LogP contribution in [0.4, 0.5) is 5.69 Å². The number of nitrogens with two attached hydrogens (primary N) is 1. The van der Waals surface area contributed by atoms with Crippen LogP contribution in [0.25, 0.3) is 0 Å². The average molecular weight is 288 g/mol. The Morgan fingerprint density at radius 2 is 2.00 bits per heavy atom. The number of hydrogen-bond acceptors (Lipinski definition) is 5. The number of aryl methyl sites for hydroxylation is 1. The van der Waals surface area contributed by atoms with Crippen molar-refractivity contribution in [1.29, 1.82) is 0 Å². The zero-order chi connectivity index (χ0) is 14.6. The van der Waals surface area contributed by atoms with Gasteiger partial charge < -0.3 is 15.2 Å². The first-order valence-corrected chi connectivity index (χ1v) is 7.25. The molecule has 0 aliphatic heterocycles. The number of anilines is 1. The maximum absolute atomic E-state index is 12.3. The minimum absolute atomic E-state index is 0.0288. The molecule has 0 radical (unpaired) electrons. The van der Waals surface area contributed by atoms with E-state index in [0.717, 1.165) is 5.56 Å². The van der Waals surface area contributed by atoms with Gasteiger partial charge in [-0.05, 0) is 31.5 Å². The summed E-state index contributed by atoms with van der Waals surface area (Å²) in [6.45, 7) is 3.78. The fourth-order valence-corrected chi connectivity index (χ4v) is 3.07. The number of benzene rings is 1. The summed E-state index contributed by atoms with van der Waals surface area (Å²) in [5, 5.41) is 0. The van der Waals surface area contributed by atoms with Gasteiger partial charge in [0.05, 0.1) is 13.7 Å². The summed E-state index contributed by atoms with van der Waals surface area (Å²) in [7, 11) is -0.770. The largest absolute Gasteiger partial charge is 0.495 e. The van der Waals surface area contributed by atoms with Gasteiger partial charge in [0.15, 0.2) is 0 Å². The van der Waals surface area contributed by atoms with E-state index in [4.69, 9.17) is 15.2 Å². The van der Waals surface area contributed by atoms with Crippen molar-refractivity contribution < 1.29 is 17.9 Å². The van der Waals surface area contributed by atoms with Gasteiger partial charge in [-0.25, -0.2) is 13.1 Å². The zero-order valence-electron chi connectivity index (χ0n) is 11.6. The highest BCUT2D eigenvalue weighted by Gasteiger charge is 2.22. The molecule has 0 saturated heterocycles. The standard InChI is InChI=1S/C12H20N2O4S/c1-8-5-11(18-4)12(6-10(8)13)19(15,16)14-9(2)7-17-3/h5-6,9,14H,7,13H2,1-4H3. The Labute approximate surface area is 113 Å². The van der Waals surface area contributed by atoms with Gasteiger partial charge in [0.25, 0.3) is 0 Å². The quantitative estimate of drug-likeness (QED) is 0.759. The SMILES string of the molecule is COCC(C)NS(=O)(=O)c1cc(N)c(C)cc1OC. The third-order valence-electron chi connectivity index (χ3n) is 2.61. The van der Waals surface area contributed by atoms with E-state index in [9.17, 15) is 8.42 Å². The molecular formula is C12H20N2O4S. The predicted octanol–water partition coefficient (Wildman–Crippen LogP) is 0.899. The smallest absolute Gasteiger partial charge is 0.244 e. The van der Waals surface area contributed by atoms with Crippen LogP contribution in [0.3, 0.4) is 0 Å².